The Hall–Kier alpha value is -1.33. The maximum Gasteiger partial charge on any atom is 0.352 e. The normalized spacial score (nSPS) is 23.9. The van der Waals surface area contributed by atoms with Gasteiger partial charge in [-0.05, 0) is 10.8 Å². The summed E-state index contributed by atoms with van der Waals surface area (Å²) < 4.78 is 45.8. The lowest BCUT2D eigenvalue weighted by atomic mass is 10.3. The Kier molecular flexibility index (Phi) is 3.69. The highest BCUT2D eigenvalue weighted by atomic mass is 33.1. The Morgan fingerprint density at radius 2 is 1.75 bits per heavy atom. The van der Waals surface area contributed by atoms with Crippen molar-refractivity contribution in [1.82, 2.24) is 4.31 Å². The van der Waals surface area contributed by atoms with Crippen LogP contribution in [-0.4, -0.2) is 50.1 Å². The van der Waals surface area contributed by atoms with Gasteiger partial charge in [-0.25, -0.2) is 22.2 Å². The van der Waals surface area contributed by atoms with Crippen LogP contribution in [-0.2, 0) is 38.9 Å². The maximum atomic E-state index is 12.1. The molecule has 8 nitrogen and oxygen atoms in total. The summed E-state index contributed by atoms with van der Waals surface area (Å²) in [5.41, 5.74) is -0.0967. The molecule has 1 atom stereocenters. The van der Waals surface area contributed by atoms with Crippen molar-refractivity contribution in [1.29, 1.82) is 0 Å². The van der Waals surface area contributed by atoms with Gasteiger partial charge in [0.25, 0.3) is 10.0 Å². The summed E-state index contributed by atoms with van der Waals surface area (Å²) in [7, 11) is -2.08. The molecule has 2 rings (SSSR count). The molecule has 0 radical (unpaired) electrons. The van der Waals surface area contributed by atoms with Crippen LogP contribution in [0, 0.1) is 0 Å². The van der Waals surface area contributed by atoms with Crippen molar-refractivity contribution in [2.24, 2.45) is 0 Å². The number of rotatable bonds is 2. The smallest absolute Gasteiger partial charge is 0.352 e. The van der Waals surface area contributed by atoms with Crippen molar-refractivity contribution in [3.8, 4) is 0 Å². The first-order valence-electron chi connectivity index (χ1n) is 5.02. The molecule has 2 heterocycles. The minimum atomic E-state index is -4.12. The number of carbonyl (C=O) groups excluding carboxylic acids is 2. The van der Waals surface area contributed by atoms with E-state index in [1.54, 1.807) is 0 Å². The van der Waals surface area contributed by atoms with E-state index in [0.29, 0.717) is 10.8 Å². The van der Waals surface area contributed by atoms with Crippen LogP contribution in [0.25, 0.3) is 0 Å². The quantitative estimate of drug-likeness (QED) is 0.487. The Morgan fingerprint density at radius 1 is 1.20 bits per heavy atom. The molecule has 0 aromatic heterocycles. The molecule has 2 aliphatic heterocycles. The van der Waals surface area contributed by atoms with Crippen molar-refractivity contribution in [3.63, 3.8) is 0 Å². The number of nitrogens with zero attached hydrogens (tertiary/aromatic N) is 1. The number of esters is 2. The van der Waals surface area contributed by atoms with E-state index in [1.165, 1.54) is 0 Å². The van der Waals surface area contributed by atoms with Gasteiger partial charge in [-0.15, -0.1) is 0 Å². The molecule has 0 aliphatic carbocycles. The highest BCUT2D eigenvalue weighted by Gasteiger charge is 2.51. The number of hydrogen-bond acceptors (Lipinski definition) is 8. The molecule has 0 fully saturated rings. The first-order valence-corrected chi connectivity index (χ1v) is 8.94. The summed E-state index contributed by atoms with van der Waals surface area (Å²) in [5, 5.41) is 0. The Bertz CT molecular complexity index is 703. The standard InChI is InChI=1S/C9H9NO7S3/c1-10-4-5(7(9(12)17-3)20(10,14)15)18-19(13)6(4)8(11)16-2/h1-3H3. The number of likely N-dealkylation sites (N-methyl/N-ethyl adjacent to an activating group) is 1. The summed E-state index contributed by atoms with van der Waals surface area (Å²) in [6.07, 6.45) is 0. The zero-order chi connectivity index (χ0) is 15.2. The Morgan fingerprint density at radius 3 is 2.25 bits per heavy atom. The number of ether oxygens (including phenoxy) is 2. The van der Waals surface area contributed by atoms with Gasteiger partial charge in [0, 0.05) is 7.05 Å². The SMILES string of the molecule is COC(=O)C1=C2C(=C(C(=O)OC)S(=O)(=O)N2C)SS1=O. The van der Waals surface area contributed by atoms with Gasteiger partial charge in [-0.2, -0.15) is 0 Å². The number of carbonyl (C=O) groups is 2. The van der Waals surface area contributed by atoms with Crippen LogP contribution in [0.2, 0.25) is 0 Å². The van der Waals surface area contributed by atoms with E-state index < -0.39 is 36.7 Å². The van der Waals surface area contributed by atoms with Gasteiger partial charge in [0.2, 0.25) is 0 Å². The van der Waals surface area contributed by atoms with Gasteiger partial charge in [-0.3, -0.25) is 4.31 Å². The van der Waals surface area contributed by atoms with Crippen LogP contribution in [0.4, 0.5) is 0 Å². The van der Waals surface area contributed by atoms with Gasteiger partial charge in [0.15, 0.2) is 9.81 Å². The van der Waals surface area contributed by atoms with Gasteiger partial charge in [-0.1, -0.05) is 0 Å². The summed E-state index contributed by atoms with van der Waals surface area (Å²) in [5.74, 6) is -1.98. The summed E-state index contributed by atoms with van der Waals surface area (Å²) in [4.78, 5) is 22.3. The van der Waals surface area contributed by atoms with Gasteiger partial charge >= 0.3 is 11.9 Å². The highest BCUT2D eigenvalue weighted by molar-refractivity contribution is 8.73. The molecule has 0 bridgehead atoms. The topological polar surface area (TPSA) is 107 Å². The van der Waals surface area contributed by atoms with E-state index in [4.69, 9.17) is 0 Å². The zero-order valence-electron chi connectivity index (χ0n) is 10.5. The monoisotopic (exact) mass is 339 g/mol. The summed E-state index contributed by atoms with van der Waals surface area (Å²) in [6, 6.07) is 0. The zero-order valence-corrected chi connectivity index (χ0v) is 13.0. The Labute approximate surface area is 120 Å². The fraction of sp³-hybridized carbons (Fsp3) is 0.333. The van der Waals surface area contributed by atoms with Crippen LogP contribution in [0.15, 0.2) is 20.4 Å². The van der Waals surface area contributed by atoms with E-state index in [-0.39, 0.29) is 15.5 Å². The van der Waals surface area contributed by atoms with Crippen LogP contribution >= 0.6 is 10.8 Å². The molecule has 0 aromatic rings. The predicted octanol–water partition coefficient (Wildman–Crippen LogP) is -0.559. The highest BCUT2D eigenvalue weighted by Crippen LogP contribution is 2.51. The molecule has 20 heavy (non-hydrogen) atoms. The van der Waals surface area contributed by atoms with Gasteiger partial charge in [0.1, 0.15) is 9.83 Å². The largest absolute Gasteiger partial charge is 0.465 e. The molecule has 110 valence electrons. The molecule has 0 amide bonds. The fourth-order valence-electron chi connectivity index (χ4n) is 1.69. The molecule has 0 spiro atoms. The van der Waals surface area contributed by atoms with Gasteiger partial charge < -0.3 is 9.47 Å². The van der Waals surface area contributed by atoms with Crippen molar-refractivity contribution >= 4 is 42.6 Å². The van der Waals surface area contributed by atoms with Crippen LogP contribution in [0.5, 0.6) is 0 Å². The molecular formula is C9H9NO7S3. The van der Waals surface area contributed by atoms with Crippen LogP contribution in [0.3, 0.4) is 0 Å². The number of hydrogen-bond donors (Lipinski definition) is 0. The average Bonchev–Trinajstić information content (AvgIpc) is 2.81. The Balaban J connectivity index is 2.78. The number of fused-ring (bicyclic) bond motifs is 1. The third kappa shape index (κ3) is 1.88. The predicted molar refractivity (Wildman–Crippen MR) is 70.5 cm³/mol. The third-order valence-electron chi connectivity index (χ3n) is 2.64. The van der Waals surface area contributed by atoms with E-state index in [2.05, 4.69) is 9.47 Å². The summed E-state index contributed by atoms with van der Waals surface area (Å²) in [6.45, 7) is 0. The number of methoxy groups -OCH3 is 2. The minimum Gasteiger partial charge on any atom is -0.465 e. The second kappa shape index (κ2) is 4.90. The van der Waals surface area contributed by atoms with E-state index in [1.807, 2.05) is 0 Å². The van der Waals surface area contributed by atoms with Crippen molar-refractivity contribution in [2.45, 2.75) is 0 Å². The molecule has 0 saturated heterocycles. The van der Waals surface area contributed by atoms with E-state index >= 15 is 0 Å². The van der Waals surface area contributed by atoms with Crippen molar-refractivity contribution in [2.75, 3.05) is 21.3 Å². The molecular weight excluding hydrogens is 330 g/mol. The molecule has 11 heteroatoms. The maximum absolute atomic E-state index is 12.1. The van der Waals surface area contributed by atoms with Crippen LogP contribution < -0.4 is 0 Å². The molecule has 0 saturated carbocycles. The van der Waals surface area contributed by atoms with Crippen LogP contribution in [0.1, 0.15) is 0 Å². The fourth-order valence-corrected chi connectivity index (χ4v) is 6.75. The second-order valence-electron chi connectivity index (χ2n) is 3.61. The first-order chi connectivity index (χ1) is 9.27. The van der Waals surface area contributed by atoms with E-state index in [0.717, 1.165) is 25.6 Å². The first kappa shape index (κ1) is 15.1. The van der Waals surface area contributed by atoms with Crippen molar-refractivity contribution < 1.29 is 31.7 Å². The number of sulfonamides is 1. The van der Waals surface area contributed by atoms with E-state index in [9.17, 15) is 22.2 Å². The second-order valence-corrected chi connectivity index (χ2v) is 8.38. The molecule has 0 N–H and O–H groups in total. The minimum absolute atomic E-state index is 0.0573. The third-order valence-corrected chi connectivity index (χ3v) is 7.42. The lowest BCUT2D eigenvalue weighted by molar-refractivity contribution is -0.136. The van der Waals surface area contributed by atoms with Gasteiger partial charge in [0.05, 0.1) is 24.8 Å². The molecule has 0 aromatic carbocycles. The lowest BCUT2D eigenvalue weighted by Crippen LogP contribution is -2.26. The summed E-state index contributed by atoms with van der Waals surface area (Å²) >= 11 is 0. The van der Waals surface area contributed by atoms with Crippen molar-refractivity contribution in [3.05, 3.63) is 20.4 Å². The molecule has 1 unspecified atom stereocenters. The molecule has 2 aliphatic rings. The lowest BCUT2D eigenvalue weighted by Gasteiger charge is -2.13. The average molecular weight is 339 g/mol.